The minimum absolute atomic E-state index is 0.125. The molecule has 0 radical (unpaired) electrons. The van der Waals surface area contributed by atoms with Crippen molar-refractivity contribution in [2.45, 2.75) is 109 Å². The average molecular weight is 389 g/mol. The molecule has 3 atom stereocenters. The Bertz CT molecular complexity index is 340. The van der Waals surface area contributed by atoms with Gasteiger partial charge in [0, 0.05) is 6.61 Å². The topological polar surface area (TPSA) is 105 Å². The molecule has 6 nitrogen and oxygen atoms in total. The Hall–Kier alpha value is -0.690. The van der Waals surface area contributed by atoms with Gasteiger partial charge in [0.15, 0.2) is 0 Å². The van der Waals surface area contributed by atoms with E-state index in [0.717, 1.165) is 32.1 Å². The predicted molar refractivity (Wildman–Crippen MR) is 111 cm³/mol. The first-order valence-corrected chi connectivity index (χ1v) is 11.0. The monoisotopic (exact) mass is 388 g/mol. The number of carbonyl (C=O) groups is 1. The van der Waals surface area contributed by atoms with Crippen LogP contribution in [0.4, 0.5) is 0 Å². The molecule has 0 fully saturated rings. The fraction of sp³-hybridized carbons (Fsp3) is 0.952. The molecular weight excluding hydrogens is 344 g/mol. The lowest BCUT2D eigenvalue weighted by Gasteiger charge is -2.21. The normalized spacial score (nSPS) is 14.8. The lowest BCUT2D eigenvalue weighted by molar-refractivity contribution is -0.139. The molecule has 0 aliphatic carbocycles. The Morgan fingerprint density at radius 1 is 1.00 bits per heavy atom. The number of unbranched alkanes of at least 4 members (excludes halogenated alkanes) is 7. The van der Waals surface area contributed by atoms with E-state index < -0.39 is 18.1 Å². The first-order valence-electron chi connectivity index (χ1n) is 11.0. The van der Waals surface area contributed by atoms with Gasteiger partial charge in [-0.05, 0) is 45.7 Å². The van der Waals surface area contributed by atoms with Gasteiger partial charge in [-0.3, -0.25) is 4.79 Å². The lowest BCUT2D eigenvalue weighted by atomic mass is 10.0. The van der Waals surface area contributed by atoms with Gasteiger partial charge in [0.1, 0.15) is 6.04 Å². The molecule has 0 saturated carbocycles. The molecule has 0 aliphatic heterocycles. The van der Waals surface area contributed by atoms with Crippen LogP contribution < -0.4 is 11.1 Å². The van der Waals surface area contributed by atoms with E-state index in [1.807, 2.05) is 0 Å². The Labute approximate surface area is 166 Å². The van der Waals surface area contributed by atoms with Gasteiger partial charge in [0.25, 0.3) is 0 Å². The number of aliphatic hydroxyl groups excluding tert-OH is 1. The van der Waals surface area contributed by atoms with E-state index in [9.17, 15) is 15.0 Å². The van der Waals surface area contributed by atoms with E-state index in [1.165, 1.54) is 38.5 Å². The van der Waals surface area contributed by atoms with Gasteiger partial charge in [-0.25, -0.2) is 0 Å². The molecule has 2 unspecified atom stereocenters. The third kappa shape index (κ3) is 16.0. The second kappa shape index (κ2) is 18.7. The fourth-order valence-corrected chi connectivity index (χ4v) is 3.16. The number of carboxylic acids is 1. The quantitative estimate of drug-likeness (QED) is 0.238. The zero-order valence-electron chi connectivity index (χ0n) is 17.6. The maximum atomic E-state index is 11.2. The van der Waals surface area contributed by atoms with E-state index in [1.54, 1.807) is 6.92 Å². The summed E-state index contributed by atoms with van der Waals surface area (Å²) >= 11 is 0. The Kier molecular flexibility index (Phi) is 18.2. The summed E-state index contributed by atoms with van der Waals surface area (Å²) in [6, 6.07) is -0.517. The van der Waals surface area contributed by atoms with Crippen molar-refractivity contribution in [3.63, 3.8) is 0 Å². The third-order valence-corrected chi connectivity index (χ3v) is 4.92. The zero-order valence-corrected chi connectivity index (χ0v) is 17.6. The molecule has 0 aliphatic rings. The van der Waals surface area contributed by atoms with Gasteiger partial charge in [0.05, 0.1) is 12.2 Å². The molecule has 0 aromatic rings. The number of aliphatic carboxylic acids is 1. The maximum Gasteiger partial charge on any atom is 0.320 e. The summed E-state index contributed by atoms with van der Waals surface area (Å²) < 4.78 is 5.84. The van der Waals surface area contributed by atoms with E-state index >= 15 is 0 Å². The van der Waals surface area contributed by atoms with E-state index in [2.05, 4.69) is 12.2 Å². The van der Waals surface area contributed by atoms with Crippen LogP contribution in [0.2, 0.25) is 0 Å². The summed E-state index contributed by atoms with van der Waals surface area (Å²) in [4.78, 5) is 11.2. The van der Waals surface area contributed by atoms with Crippen molar-refractivity contribution in [1.82, 2.24) is 5.32 Å². The van der Waals surface area contributed by atoms with Crippen molar-refractivity contribution in [2.75, 3.05) is 19.7 Å². The van der Waals surface area contributed by atoms with E-state index in [4.69, 9.17) is 10.5 Å². The third-order valence-electron chi connectivity index (χ3n) is 4.92. The van der Waals surface area contributed by atoms with Gasteiger partial charge in [-0.15, -0.1) is 0 Å². The van der Waals surface area contributed by atoms with Crippen LogP contribution in [0.1, 0.15) is 90.9 Å². The Morgan fingerprint density at radius 3 is 2.22 bits per heavy atom. The van der Waals surface area contributed by atoms with Crippen molar-refractivity contribution in [1.29, 1.82) is 0 Å². The standard InChI is InChI=1S/C21H44N2O4/c1-3-4-5-6-7-8-9-14-20(18(2)24)27-17-12-16-23-19(21(25)26)13-10-11-15-22/h18-20,23-24H,3-17,22H2,1-2H3,(H,25,26)/t18?,19-,20?/m0/s1. The highest BCUT2D eigenvalue weighted by atomic mass is 16.5. The van der Waals surface area contributed by atoms with Crippen molar-refractivity contribution >= 4 is 5.97 Å². The van der Waals surface area contributed by atoms with Crippen LogP contribution in [0.25, 0.3) is 0 Å². The van der Waals surface area contributed by atoms with Crippen LogP contribution in [0.5, 0.6) is 0 Å². The molecule has 0 rings (SSSR count). The number of hydrogen-bond acceptors (Lipinski definition) is 5. The molecule has 27 heavy (non-hydrogen) atoms. The minimum Gasteiger partial charge on any atom is -0.480 e. The van der Waals surface area contributed by atoms with Crippen molar-refractivity contribution < 1.29 is 19.7 Å². The van der Waals surface area contributed by atoms with Crippen LogP contribution >= 0.6 is 0 Å². The summed E-state index contributed by atoms with van der Waals surface area (Å²) in [5.41, 5.74) is 5.45. The number of carboxylic acid groups (broad SMARTS) is 1. The number of ether oxygens (including phenoxy) is 1. The number of aliphatic hydroxyl groups is 1. The first-order chi connectivity index (χ1) is 13.0. The molecule has 6 heteroatoms. The van der Waals surface area contributed by atoms with Gasteiger partial charge in [-0.2, -0.15) is 0 Å². The summed E-state index contributed by atoms with van der Waals surface area (Å²) in [5, 5.41) is 22.2. The fourth-order valence-electron chi connectivity index (χ4n) is 3.16. The van der Waals surface area contributed by atoms with Crippen molar-refractivity contribution in [3.05, 3.63) is 0 Å². The molecule has 0 amide bonds. The summed E-state index contributed by atoms with van der Waals surface area (Å²) in [6.45, 7) is 5.74. The Balaban J connectivity index is 3.83. The number of nitrogens with two attached hydrogens (primary N) is 1. The number of hydrogen-bond donors (Lipinski definition) is 4. The first kappa shape index (κ1) is 26.3. The SMILES string of the molecule is CCCCCCCCCC(OCCCN[C@@H](CCCCN)C(=O)O)C(C)O. The summed E-state index contributed by atoms with van der Waals surface area (Å²) in [7, 11) is 0. The second-order valence-corrected chi connectivity index (χ2v) is 7.54. The summed E-state index contributed by atoms with van der Waals surface area (Å²) in [6.07, 6.45) is 12.1. The molecule has 5 N–H and O–H groups in total. The van der Waals surface area contributed by atoms with Gasteiger partial charge >= 0.3 is 5.97 Å². The zero-order chi connectivity index (χ0) is 20.3. The Morgan fingerprint density at radius 2 is 1.63 bits per heavy atom. The molecule has 0 spiro atoms. The van der Waals surface area contributed by atoms with Crippen LogP contribution in [0.3, 0.4) is 0 Å². The molecular formula is C21H44N2O4. The lowest BCUT2D eigenvalue weighted by Crippen LogP contribution is -2.38. The molecule has 0 bridgehead atoms. The molecule has 0 saturated heterocycles. The minimum atomic E-state index is -0.811. The van der Waals surface area contributed by atoms with Crippen LogP contribution in [-0.2, 0) is 9.53 Å². The molecule has 162 valence electrons. The number of nitrogens with one attached hydrogen (secondary N) is 1. The second-order valence-electron chi connectivity index (χ2n) is 7.54. The highest BCUT2D eigenvalue weighted by molar-refractivity contribution is 5.73. The van der Waals surface area contributed by atoms with Crippen LogP contribution in [0, 0.1) is 0 Å². The maximum absolute atomic E-state index is 11.2. The molecule has 0 aromatic heterocycles. The summed E-state index contributed by atoms with van der Waals surface area (Å²) in [5.74, 6) is -0.811. The molecule has 0 aromatic carbocycles. The predicted octanol–water partition coefficient (Wildman–Crippen LogP) is 3.46. The van der Waals surface area contributed by atoms with Crippen LogP contribution in [0.15, 0.2) is 0 Å². The van der Waals surface area contributed by atoms with E-state index in [-0.39, 0.29) is 6.10 Å². The smallest absolute Gasteiger partial charge is 0.320 e. The molecule has 0 heterocycles. The highest BCUT2D eigenvalue weighted by Gasteiger charge is 2.17. The van der Waals surface area contributed by atoms with Gasteiger partial charge < -0.3 is 26.0 Å². The van der Waals surface area contributed by atoms with Crippen molar-refractivity contribution in [3.8, 4) is 0 Å². The van der Waals surface area contributed by atoms with E-state index in [0.29, 0.717) is 26.1 Å². The number of rotatable bonds is 20. The van der Waals surface area contributed by atoms with Crippen LogP contribution in [-0.4, -0.2) is 54.1 Å². The van der Waals surface area contributed by atoms with Gasteiger partial charge in [0.2, 0.25) is 0 Å². The highest BCUT2D eigenvalue weighted by Crippen LogP contribution is 2.13. The van der Waals surface area contributed by atoms with Crippen molar-refractivity contribution in [2.24, 2.45) is 5.73 Å². The largest absolute Gasteiger partial charge is 0.480 e. The van der Waals surface area contributed by atoms with Gasteiger partial charge in [-0.1, -0.05) is 58.3 Å². The average Bonchev–Trinajstić information content (AvgIpc) is 2.63.